The Kier molecular flexibility index (Phi) is 5.65. The minimum Gasteiger partial charge on any atom is -0.455 e. The van der Waals surface area contributed by atoms with Gasteiger partial charge in [0.05, 0.1) is 11.1 Å². The van der Waals surface area contributed by atoms with Crippen molar-refractivity contribution in [2.75, 3.05) is 4.90 Å². The van der Waals surface area contributed by atoms with Crippen LogP contribution in [0.2, 0.25) is 0 Å². The van der Waals surface area contributed by atoms with Crippen molar-refractivity contribution in [2.45, 2.75) is 0 Å². The van der Waals surface area contributed by atoms with E-state index in [1.54, 1.807) is 0 Å². The molecule has 10 rings (SSSR count). The molecular weight excluding hydrogens is 599 g/mol. The van der Waals surface area contributed by atoms with Crippen LogP contribution in [0.5, 0.6) is 0 Å². The molecule has 0 N–H and O–H groups in total. The van der Waals surface area contributed by atoms with Gasteiger partial charge in [-0.15, -0.1) is 22.7 Å². The van der Waals surface area contributed by atoms with E-state index in [-0.39, 0.29) is 0 Å². The first-order valence-corrected chi connectivity index (χ1v) is 17.1. The molecule has 3 aromatic heterocycles. The summed E-state index contributed by atoms with van der Waals surface area (Å²) in [4.78, 5) is 2.43. The highest BCUT2D eigenvalue weighted by atomic mass is 32.1. The minimum absolute atomic E-state index is 0.890. The van der Waals surface area contributed by atoms with E-state index >= 15 is 0 Å². The van der Waals surface area contributed by atoms with Crippen LogP contribution in [0.3, 0.4) is 0 Å². The molecular formula is C42H25NOS2. The van der Waals surface area contributed by atoms with Crippen LogP contribution in [0.15, 0.2) is 156 Å². The van der Waals surface area contributed by atoms with Gasteiger partial charge >= 0.3 is 0 Å². The smallest absolute Gasteiger partial charge is 0.145 e. The van der Waals surface area contributed by atoms with Crippen molar-refractivity contribution in [1.29, 1.82) is 0 Å². The van der Waals surface area contributed by atoms with Crippen molar-refractivity contribution in [3.8, 4) is 11.1 Å². The first-order chi connectivity index (χ1) is 22.8. The van der Waals surface area contributed by atoms with Crippen LogP contribution in [-0.4, -0.2) is 0 Å². The highest BCUT2D eigenvalue weighted by Gasteiger charge is 2.23. The Bertz CT molecular complexity index is 2770. The summed E-state index contributed by atoms with van der Waals surface area (Å²) in [6, 6.07) is 54.7. The number of hydrogen-bond donors (Lipinski definition) is 0. The summed E-state index contributed by atoms with van der Waals surface area (Å²) in [5.41, 5.74) is 7.37. The van der Waals surface area contributed by atoms with Crippen LogP contribution in [0.25, 0.3) is 73.4 Å². The summed E-state index contributed by atoms with van der Waals surface area (Å²) in [7, 11) is 0. The average Bonchev–Trinajstić information content (AvgIpc) is 3.80. The standard InChI is InChI=1S/C42H25NOS2/c1-2-10-26(11-3-1)29-21-22-35(41-33-14-4-7-15-36(33)44-42(29)41)43(27-19-23-39-34(24-27)31-13-6-9-17-38(31)45-39)28-18-20-32-30-12-5-8-16-37(30)46-40(32)25-28/h1-25H. The number of fused-ring (bicyclic) bond motifs is 9. The van der Waals surface area contributed by atoms with E-state index in [1.807, 2.05) is 22.7 Å². The van der Waals surface area contributed by atoms with E-state index in [1.165, 1.54) is 40.3 Å². The molecule has 0 fully saturated rings. The molecule has 216 valence electrons. The number of anilines is 3. The van der Waals surface area contributed by atoms with Gasteiger partial charge in [-0.3, -0.25) is 0 Å². The Balaban J connectivity index is 1.29. The number of thiophene rings is 2. The molecule has 4 heteroatoms. The molecule has 10 aromatic rings. The lowest BCUT2D eigenvalue weighted by Crippen LogP contribution is -2.10. The fourth-order valence-corrected chi connectivity index (χ4v) is 9.20. The van der Waals surface area contributed by atoms with E-state index in [2.05, 4.69) is 157 Å². The molecule has 0 bridgehead atoms. The Morgan fingerprint density at radius 1 is 0.435 bits per heavy atom. The van der Waals surface area contributed by atoms with Crippen molar-refractivity contribution in [3.05, 3.63) is 152 Å². The number of rotatable bonds is 4. The largest absolute Gasteiger partial charge is 0.455 e. The highest BCUT2D eigenvalue weighted by Crippen LogP contribution is 2.48. The number of nitrogens with zero attached hydrogens (tertiary/aromatic N) is 1. The predicted molar refractivity (Wildman–Crippen MR) is 200 cm³/mol. The van der Waals surface area contributed by atoms with E-state index in [4.69, 9.17) is 4.42 Å². The van der Waals surface area contributed by atoms with Gasteiger partial charge in [-0.2, -0.15) is 0 Å². The molecule has 0 aliphatic rings. The molecule has 0 saturated carbocycles. The SMILES string of the molecule is c1ccc(-c2ccc(N(c3ccc4c(c3)sc3ccccc34)c3ccc4sc5ccccc5c4c3)c3c2oc2ccccc23)cc1. The molecule has 2 nitrogen and oxygen atoms in total. The molecule has 0 spiro atoms. The normalized spacial score (nSPS) is 11.9. The van der Waals surface area contributed by atoms with Gasteiger partial charge in [0.15, 0.2) is 0 Å². The van der Waals surface area contributed by atoms with Gasteiger partial charge in [0, 0.05) is 62.7 Å². The van der Waals surface area contributed by atoms with Crippen LogP contribution in [0.4, 0.5) is 17.1 Å². The second-order valence-corrected chi connectivity index (χ2v) is 13.9. The fourth-order valence-electron chi connectivity index (χ4n) is 6.98. The van der Waals surface area contributed by atoms with Crippen molar-refractivity contribution >= 4 is 102 Å². The molecule has 0 saturated heterocycles. The molecule has 0 aliphatic carbocycles. The summed E-state index contributed by atoms with van der Waals surface area (Å²) >= 11 is 3.70. The Morgan fingerprint density at radius 3 is 1.87 bits per heavy atom. The lowest BCUT2D eigenvalue weighted by Gasteiger charge is -2.27. The number of para-hydroxylation sites is 1. The summed E-state index contributed by atoms with van der Waals surface area (Å²) < 4.78 is 11.9. The van der Waals surface area contributed by atoms with Gasteiger partial charge in [0.25, 0.3) is 0 Å². The van der Waals surface area contributed by atoms with Crippen molar-refractivity contribution in [3.63, 3.8) is 0 Å². The third-order valence-corrected chi connectivity index (χ3v) is 11.4. The fraction of sp³-hybridized carbons (Fsp3) is 0. The highest BCUT2D eigenvalue weighted by molar-refractivity contribution is 7.26. The Morgan fingerprint density at radius 2 is 1.04 bits per heavy atom. The minimum atomic E-state index is 0.890. The summed E-state index contributed by atoms with van der Waals surface area (Å²) in [5.74, 6) is 0. The second-order valence-electron chi connectivity index (χ2n) is 11.7. The third kappa shape index (κ3) is 3.87. The lowest BCUT2D eigenvalue weighted by atomic mass is 9.99. The van der Waals surface area contributed by atoms with E-state index in [0.717, 1.165) is 50.1 Å². The summed E-state index contributed by atoms with van der Waals surface area (Å²) in [6.07, 6.45) is 0. The zero-order valence-corrected chi connectivity index (χ0v) is 26.2. The van der Waals surface area contributed by atoms with E-state index in [0.29, 0.717) is 0 Å². The van der Waals surface area contributed by atoms with Gasteiger partial charge in [0.1, 0.15) is 11.2 Å². The average molecular weight is 624 g/mol. The van der Waals surface area contributed by atoms with Crippen LogP contribution >= 0.6 is 22.7 Å². The van der Waals surface area contributed by atoms with Crippen LogP contribution in [0, 0.1) is 0 Å². The monoisotopic (exact) mass is 623 g/mol. The molecule has 0 radical (unpaired) electrons. The molecule has 46 heavy (non-hydrogen) atoms. The van der Waals surface area contributed by atoms with Crippen molar-refractivity contribution in [1.82, 2.24) is 0 Å². The Hall–Kier alpha value is -5.42. The summed E-state index contributed by atoms with van der Waals surface area (Å²) in [6.45, 7) is 0. The lowest BCUT2D eigenvalue weighted by molar-refractivity contribution is 0.670. The first-order valence-electron chi connectivity index (χ1n) is 15.4. The zero-order valence-electron chi connectivity index (χ0n) is 24.6. The van der Waals surface area contributed by atoms with Crippen LogP contribution < -0.4 is 4.90 Å². The van der Waals surface area contributed by atoms with Crippen LogP contribution in [-0.2, 0) is 0 Å². The van der Waals surface area contributed by atoms with Gasteiger partial charge in [-0.25, -0.2) is 0 Å². The first kappa shape index (κ1) is 25.9. The molecule has 7 aromatic carbocycles. The van der Waals surface area contributed by atoms with Crippen molar-refractivity contribution in [2.24, 2.45) is 0 Å². The number of hydrogen-bond acceptors (Lipinski definition) is 4. The van der Waals surface area contributed by atoms with Gasteiger partial charge in [-0.05, 0) is 66.2 Å². The second kappa shape index (κ2) is 10.0. The molecule has 3 heterocycles. The maximum absolute atomic E-state index is 6.70. The summed E-state index contributed by atoms with van der Waals surface area (Å²) in [5, 5.41) is 7.40. The predicted octanol–water partition coefficient (Wildman–Crippen LogP) is 13.5. The van der Waals surface area contributed by atoms with Crippen molar-refractivity contribution < 1.29 is 4.42 Å². The van der Waals surface area contributed by atoms with Gasteiger partial charge < -0.3 is 9.32 Å². The molecule has 0 unspecified atom stereocenters. The van der Waals surface area contributed by atoms with Crippen LogP contribution in [0.1, 0.15) is 0 Å². The van der Waals surface area contributed by atoms with E-state index in [9.17, 15) is 0 Å². The molecule has 0 atom stereocenters. The number of benzene rings is 7. The maximum Gasteiger partial charge on any atom is 0.145 e. The zero-order chi connectivity index (χ0) is 30.2. The maximum atomic E-state index is 6.70. The van der Waals surface area contributed by atoms with Gasteiger partial charge in [0.2, 0.25) is 0 Å². The van der Waals surface area contributed by atoms with E-state index < -0.39 is 0 Å². The quantitative estimate of drug-likeness (QED) is 0.194. The Labute approximate surface area is 273 Å². The van der Waals surface area contributed by atoms with Gasteiger partial charge in [-0.1, -0.05) is 91.0 Å². The topological polar surface area (TPSA) is 16.4 Å². The number of furan rings is 1. The molecule has 0 amide bonds. The molecule has 0 aliphatic heterocycles. The third-order valence-electron chi connectivity index (χ3n) is 9.07.